The number of amides is 1. The minimum absolute atomic E-state index is 0.0458. The van der Waals surface area contributed by atoms with Crippen LogP contribution in [0.5, 0.6) is 0 Å². The summed E-state index contributed by atoms with van der Waals surface area (Å²) in [5.41, 5.74) is 1.18. The molecule has 4 heterocycles. The standard InChI is InChI=1S/C19H18N6O2/c26-18-15(13-22-17(23-18)16-5-1-2-7-21-16)19(27)25-10-8-24(9-11-25)14-4-3-6-20-12-14/h1-7,12-13H,8-11H2,(H,22,23,26). The van der Waals surface area contributed by atoms with Crippen LogP contribution in [-0.2, 0) is 0 Å². The molecule has 0 unspecified atom stereocenters. The Kier molecular flexibility index (Phi) is 4.61. The van der Waals surface area contributed by atoms with Crippen molar-refractivity contribution in [2.24, 2.45) is 0 Å². The summed E-state index contributed by atoms with van der Waals surface area (Å²) in [7, 11) is 0. The lowest BCUT2D eigenvalue weighted by molar-refractivity contribution is 0.0744. The third-order valence-electron chi connectivity index (χ3n) is 4.52. The molecule has 1 N–H and O–H groups in total. The summed E-state index contributed by atoms with van der Waals surface area (Å²) in [5, 5.41) is 0. The molecule has 0 bridgehead atoms. The zero-order valence-corrected chi connectivity index (χ0v) is 14.6. The first kappa shape index (κ1) is 16.9. The summed E-state index contributed by atoms with van der Waals surface area (Å²) >= 11 is 0. The average Bonchev–Trinajstić information content (AvgIpc) is 2.74. The molecule has 1 aliphatic heterocycles. The number of hydrogen-bond donors (Lipinski definition) is 1. The molecule has 8 nitrogen and oxygen atoms in total. The number of aromatic nitrogens is 4. The number of rotatable bonds is 3. The highest BCUT2D eigenvalue weighted by Crippen LogP contribution is 2.15. The van der Waals surface area contributed by atoms with Crippen LogP contribution in [0.3, 0.4) is 0 Å². The number of nitrogens with zero attached hydrogens (tertiary/aromatic N) is 5. The molecule has 0 radical (unpaired) electrons. The van der Waals surface area contributed by atoms with Gasteiger partial charge in [-0.15, -0.1) is 0 Å². The van der Waals surface area contributed by atoms with E-state index < -0.39 is 5.56 Å². The minimum Gasteiger partial charge on any atom is -0.367 e. The van der Waals surface area contributed by atoms with Gasteiger partial charge >= 0.3 is 0 Å². The predicted octanol–water partition coefficient (Wildman–Crippen LogP) is 1.19. The van der Waals surface area contributed by atoms with Crippen LogP contribution in [0.2, 0.25) is 0 Å². The Morgan fingerprint density at radius 3 is 2.48 bits per heavy atom. The third kappa shape index (κ3) is 3.55. The molecule has 1 amide bonds. The Balaban J connectivity index is 1.47. The molecule has 0 spiro atoms. The first-order valence-electron chi connectivity index (χ1n) is 8.67. The SMILES string of the molecule is O=C(c1cnc(-c2ccccn2)[nH]c1=O)N1CCN(c2cccnc2)CC1. The largest absolute Gasteiger partial charge is 0.367 e. The van der Waals surface area contributed by atoms with E-state index >= 15 is 0 Å². The number of H-pyrrole nitrogens is 1. The molecule has 1 aliphatic rings. The maximum Gasteiger partial charge on any atom is 0.264 e. The molecule has 0 atom stereocenters. The van der Waals surface area contributed by atoms with Crippen molar-refractivity contribution >= 4 is 11.6 Å². The fourth-order valence-electron chi connectivity index (χ4n) is 3.06. The van der Waals surface area contributed by atoms with E-state index in [1.165, 1.54) is 6.20 Å². The summed E-state index contributed by atoms with van der Waals surface area (Å²) in [6.07, 6.45) is 6.49. The number of piperazine rings is 1. The second-order valence-corrected chi connectivity index (χ2v) is 6.18. The van der Waals surface area contributed by atoms with Crippen LogP contribution in [-0.4, -0.2) is 56.9 Å². The van der Waals surface area contributed by atoms with E-state index in [9.17, 15) is 9.59 Å². The molecule has 4 rings (SSSR count). The van der Waals surface area contributed by atoms with Crippen molar-refractivity contribution in [1.82, 2.24) is 24.8 Å². The Morgan fingerprint density at radius 2 is 1.81 bits per heavy atom. The summed E-state index contributed by atoms with van der Waals surface area (Å²) in [6.45, 7) is 2.45. The first-order valence-corrected chi connectivity index (χ1v) is 8.67. The number of aromatic amines is 1. The molecule has 3 aromatic heterocycles. The number of nitrogens with one attached hydrogen (secondary N) is 1. The summed E-state index contributed by atoms with van der Waals surface area (Å²) in [5.74, 6) is 0.0423. The molecule has 0 aromatic carbocycles. The fraction of sp³-hybridized carbons (Fsp3) is 0.211. The van der Waals surface area contributed by atoms with Crippen LogP contribution < -0.4 is 10.5 Å². The topological polar surface area (TPSA) is 95.1 Å². The van der Waals surface area contributed by atoms with Gasteiger partial charge in [-0.1, -0.05) is 6.07 Å². The smallest absolute Gasteiger partial charge is 0.264 e. The maximum atomic E-state index is 12.7. The second kappa shape index (κ2) is 7.36. The number of carbonyl (C=O) groups is 1. The highest BCUT2D eigenvalue weighted by atomic mass is 16.2. The molecular formula is C19H18N6O2. The van der Waals surface area contributed by atoms with Crippen LogP contribution in [0.25, 0.3) is 11.5 Å². The summed E-state index contributed by atoms with van der Waals surface area (Å²) in [4.78, 5) is 44.1. The van der Waals surface area contributed by atoms with Crippen molar-refractivity contribution in [3.05, 3.63) is 71.0 Å². The van der Waals surface area contributed by atoms with Crippen LogP contribution in [0.15, 0.2) is 59.9 Å². The lowest BCUT2D eigenvalue weighted by atomic mass is 10.2. The van der Waals surface area contributed by atoms with E-state index in [1.807, 2.05) is 24.4 Å². The third-order valence-corrected chi connectivity index (χ3v) is 4.52. The lowest BCUT2D eigenvalue weighted by Gasteiger charge is -2.35. The Hall–Kier alpha value is -3.55. The quantitative estimate of drug-likeness (QED) is 0.752. The van der Waals surface area contributed by atoms with Gasteiger partial charge in [0.1, 0.15) is 11.3 Å². The Morgan fingerprint density at radius 1 is 0.963 bits per heavy atom. The van der Waals surface area contributed by atoms with E-state index in [-0.39, 0.29) is 11.5 Å². The average molecular weight is 362 g/mol. The van der Waals surface area contributed by atoms with Crippen LogP contribution in [0.1, 0.15) is 10.4 Å². The normalized spacial score (nSPS) is 14.2. The number of hydrogen-bond acceptors (Lipinski definition) is 6. The predicted molar refractivity (Wildman–Crippen MR) is 100 cm³/mol. The van der Waals surface area contributed by atoms with Gasteiger partial charge < -0.3 is 14.8 Å². The molecule has 27 heavy (non-hydrogen) atoms. The maximum absolute atomic E-state index is 12.7. The van der Waals surface area contributed by atoms with Crippen LogP contribution in [0.4, 0.5) is 5.69 Å². The Bertz CT molecular complexity index is 982. The van der Waals surface area contributed by atoms with Crippen molar-refractivity contribution in [1.29, 1.82) is 0 Å². The molecule has 0 aliphatic carbocycles. The van der Waals surface area contributed by atoms with Crippen molar-refractivity contribution in [2.75, 3.05) is 31.1 Å². The van der Waals surface area contributed by atoms with Crippen molar-refractivity contribution < 1.29 is 4.79 Å². The number of anilines is 1. The lowest BCUT2D eigenvalue weighted by Crippen LogP contribution is -2.49. The molecule has 0 saturated carbocycles. The zero-order chi connectivity index (χ0) is 18.6. The van der Waals surface area contributed by atoms with Crippen molar-refractivity contribution in [3.8, 4) is 11.5 Å². The fourth-order valence-corrected chi connectivity index (χ4v) is 3.06. The van der Waals surface area contributed by atoms with Crippen LogP contribution >= 0.6 is 0 Å². The molecule has 1 fully saturated rings. The number of pyridine rings is 2. The van der Waals surface area contributed by atoms with Gasteiger partial charge in [0.2, 0.25) is 0 Å². The molecule has 3 aromatic rings. The second-order valence-electron chi connectivity index (χ2n) is 6.18. The van der Waals surface area contributed by atoms with E-state index in [0.717, 1.165) is 5.69 Å². The van der Waals surface area contributed by atoms with E-state index in [1.54, 1.807) is 29.4 Å². The van der Waals surface area contributed by atoms with Gasteiger partial charge in [-0.3, -0.25) is 19.6 Å². The highest BCUT2D eigenvalue weighted by molar-refractivity contribution is 5.93. The summed E-state index contributed by atoms with van der Waals surface area (Å²) in [6, 6.07) is 9.22. The molecular weight excluding hydrogens is 344 g/mol. The van der Waals surface area contributed by atoms with E-state index in [2.05, 4.69) is 24.8 Å². The van der Waals surface area contributed by atoms with Gasteiger partial charge in [0.05, 0.1) is 11.9 Å². The molecule has 136 valence electrons. The van der Waals surface area contributed by atoms with Gasteiger partial charge in [-0.2, -0.15) is 0 Å². The zero-order valence-electron chi connectivity index (χ0n) is 14.6. The van der Waals surface area contributed by atoms with Crippen molar-refractivity contribution in [2.45, 2.75) is 0 Å². The van der Waals surface area contributed by atoms with Crippen molar-refractivity contribution in [3.63, 3.8) is 0 Å². The summed E-state index contributed by atoms with van der Waals surface area (Å²) < 4.78 is 0. The molecule has 8 heteroatoms. The number of carbonyl (C=O) groups excluding carboxylic acids is 1. The monoisotopic (exact) mass is 362 g/mol. The van der Waals surface area contributed by atoms with Gasteiger partial charge in [0.25, 0.3) is 11.5 Å². The van der Waals surface area contributed by atoms with Gasteiger partial charge in [-0.05, 0) is 24.3 Å². The highest BCUT2D eigenvalue weighted by Gasteiger charge is 2.24. The van der Waals surface area contributed by atoms with Gasteiger partial charge in [0, 0.05) is 44.8 Å². The first-order chi connectivity index (χ1) is 13.2. The molecule has 1 saturated heterocycles. The van der Waals surface area contributed by atoms with E-state index in [0.29, 0.717) is 37.7 Å². The van der Waals surface area contributed by atoms with Crippen LogP contribution in [0, 0.1) is 0 Å². The van der Waals surface area contributed by atoms with E-state index in [4.69, 9.17) is 0 Å². The Labute approximate surface area is 155 Å². The van der Waals surface area contributed by atoms with Gasteiger partial charge in [-0.25, -0.2) is 4.98 Å². The minimum atomic E-state index is -0.453. The van der Waals surface area contributed by atoms with Gasteiger partial charge in [0.15, 0.2) is 5.82 Å².